The Morgan fingerprint density at radius 2 is 0.951 bits per heavy atom. The van der Waals surface area contributed by atoms with Crippen molar-refractivity contribution in [2.24, 2.45) is 0 Å². The van der Waals surface area contributed by atoms with Crippen molar-refractivity contribution in [3.05, 3.63) is 127 Å². The molecule has 198 valence electrons. The molecule has 0 saturated heterocycles. The van der Waals surface area contributed by atoms with Crippen LogP contribution in [0.1, 0.15) is 62.3 Å². The fourth-order valence-electron chi connectivity index (χ4n) is 5.31. The predicted octanol–water partition coefficient (Wildman–Crippen LogP) is 8.75. The van der Waals surface area contributed by atoms with Gasteiger partial charge in [0.15, 0.2) is 23.1 Å². The molecule has 0 unspecified atom stereocenters. The van der Waals surface area contributed by atoms with Crippen LogP contribution in [0.3, 0.4) is 0 Å². The second kappa shape index (κ2) is 9.66. The molecule has 5 aromatic rings. The third-order valence-electron chi connectivity index (χ3n) is 7.31. The van der Waals surface area contributed by atoms with Crippen LogP contribution in [0.4, 0.5) is 0 Å². The van der Waals surface area contributed by atoms with E-state index in [1.165, 1.54) is 0 Å². The molecule has 0 radical (unpaired) electrons. The van der Waals surface area contributed by atoms with Crippen molar-refractivity contribution in [1.29, 1.82) is 0 Å². The van der Waals surface area contributed by atoms with Crippen LogP contribution in [0.5, 0.6) is 0 Å². The molecule has 0 saturated carbocycles. The summed E-state index contributed by atoms with van der Waals surface area (Å²) in [6.45, 7) is 4.12. The summed E-state index contributed by atoms with van der Waals surface area (Å²) >= 11 is 4.81. The highest BCUT2D eigenvalue weighted by Gasteiger charge is 2.33. The lowest BCUT2D eigenvalue weighted by atomic mass is 10.1. The standard InChI is InChI=1S/C34H20O4S3/c1-17-13-20(16-26-31(37)23-9-5-6-10-24(23)32(26)38)40-34(17)28-14-18(2)33(41-28)27-12-11-19(39-27)15-25-29(35)21-7-3-4-8-22(21)30(25)36/h3-16H,1-2H3. The molecule has 7 heteroatoms. The minimum Gasteiger partial charge on any atom is -0.288 e. The zero-order chi connectivity index (χ0) is 28.4. The van der Waals surface area contributed by atoms with E-state index >= 15 is 0 Å². The van der Waals surface area contributed by atoms with E-state index in [2.05, 4.69) is 13.0 Å². The number of allylic oxidation sites excluding steroid dienone is 2. The molecule has 7 rings (SSSR count). The van der Waals surface area contributed by atoms with Gasteiger partial charge in [0.1, 0.15) is 0 Å². The maximum Gasteiger partial charge on any atom is 0.197 e. The predicted molar refractivity (Wildman–Crippen MR) is 167 cm³/mol. The molecule has 2 aliphatic carbocycles. The number of aryl methyl sites for hydroxylation is 2. The molecule has 2 aliphatic rings. The molecule has 0 fully saturated rings. The normalized spacial score (nSPS) is 14.2. The van der Waals surface area contributed by atoms with E-state index in [0.29, 0.717) is 22.3 Å². The Hall–Kier alpha value is -4.30. The van der Waals surface area contributed by atoms with Crippen molar-refractivity contribution in [3.63, 3.8) is 0 Å². The molecular weight excluding hydrogens is 569 g/mol. The van der Waals surface area contributed by atoms with Crippen LogP contribution < -0.4 is 0 Å². The van der Waals surface area contributed by atoms with Crippen molar-refractivity contribution in [3.8, 4) is 19.5 Å². The number of ketones is 4. The van der Waals surface area contributed by atoms with Crippen LogP contribution in [-0.2, 0) is 0 Å². The van der Waals surface area contributed by atoms with Crippen molar-refractivity contribution >= 4 is 69.3 Å². The van der Waals surface area contributed by atoms with E-state index in [1.54, 1.807) is 94.7 Å². The minimum atomic E-state index is -0.223. The SMILES string of the molecule is Cc1cc(C=C2C(=O)c3ccccc3C2=O)sc1-c1cc(C)c(-c2ccc(C=C3C(=O)c4ccccc4C3=O)s2)s1. The van der Waals surface area contributed by atoms with Crippen molar-refractivity contribution in [2.75, 3.05) is 0 Å². The molecule has 0 aliphatic heterocycles. The zero-order valence-corrected chi connectivity index (χ0v) is 24.4. The molecule has 0 N–H and O–H groups in total. The van der Waals surface area contributed by atoms with Gasteiger partial charge in [0, 0.05) is 51.5 Å². The van der Waals surface area contributed by atoms with E-state index < -0.39 is 0 Å². The number of hydrogen-bond acceptors (Lipinski definition) is 7. The second-order valence-electron chi connectivity index (χ2n) is 10.0. The maximum absolute atomic E-state index is 12.9. The van der Waals surface area contributed by atoms with Gasteiger partial charge >= 0.3 is 0 Å². The van der Waals surface area contributed by atoms with E-state index in [1.807, 2.05) is 25.1 Å². The Morgan fingerprint density at radius 1 is 0.488 bits per heavy atom. The Kier molecular flexibility index (Phi) is 6.05. The summed E-state index contributed by atoms with van der Waals surface area (Å²) in [5.74, 6) is -0.889. The van der Waals surface area contributed by atoms with E-state index in [-0.39, 0.29) is 34.3 Å². The highest BCUT2D eigenvalue weighted by Crippen LogP contribution is 2.45. The number of fused-ring (bicyclic) bond motifs is 2. The fourth-order valence-corrected chi connectivity index (χ4v) is 8.89. The van der Waals surface area contributed by atoms with Crippen LogP contribution in [0.25, 0.3) is 31.7 Å². The van der Waals surface area contributed by atoms with Gasteiger partial charge in [-0.15, -0.1) is 34.0 Å². The summed E-state index contributed by atoms with van der Waals surface area (Å²) in [5.41, 5.74) is 4.50. The molecule has 0 bridgehead atoms. The average Bonchev–Trinajstić information content (AvgIpc) is 3.77. The van der Waals surface area contributed by atoms with E-state index in [4.69, 9.17) is 0 Å². The van der Waals surface area contributed by atoms with Crippen LogP contribution >= 0.6 is 34.0 Å². The quantitative estimate of drug-likeness (QED) is 0.155. The topological polar surface area (TPSA) is 68.3 Å². The first-order valence-corrected chi connectivity index (χ1v) is 15.4. The van der Waals surface area contributed by atoms with Gasteiger partial charge in [-0.3, -0.25) is 19.2 Å². The lowest BCUT2D eigenvalue weighted by Gasteiger charge is -1.95. The molecule has 3 aromatic heterocycles. The lowest BCUT2D eigenvalue weighted by Crippen LogP contribution is -1.99. The average molecular weight is 589 g/mol. The molecular formula is C34H20O4S3. The summed E-state index contributed by atoms with van der Waals surface area (Å²) in [5, 5.41) is 0. The van der Waals surface area contributed by atoms with Gasteiger partial charge in [-0.25, -0.2) is 0 Å². The highest BCUT2D eigenvalue weighted by atomic mass is 32.1. The summed E-state index contributed by atoms with van der Waals surface area (Å²) in [6.07, 6.45) is 3.42. The van der Waals surface area contributed by atoms with Gasteiger partial charge < -0.3 is 0 Å². The number of Topliss-reactive ketones (excluding diaryl/α,β-unsaturated/α-hetero) is 4. The van der Waals surface area contributed by atoms with Crippen LogP contribution in [0.15, 0.2) is 83.9 Å². The van der Waals surface area contributed by atoms with Gasteiger partial charge in [0.05, 0.1) is 11.1 Å². The number of carbonyl (C=O) groups is 4. The molecule has 41 heavy (non-hydrogen) atoms. The molecule has 0 atom stereocenters. The van der Waals surface area contributed by atoms with Gasteiger partial charge in [0.25, 0.3) is 0 Å². The first-order valence-electron chi connectivity index (χ1n) is 12.9. The number of hydrogen-bond donors (Lipinski definition) is 0. The maximum atomic E-state index is 12.9. The first-order chi connectivity index (χ1) is 19.8. The summed E-state index contributed by atoms with van der Waals surface area (Å²) in [7, 11) is 0. The first kappa shape index (κ1) is 25.7. The third-order valence-corrected chi connectivity index (χ3v) is 11.1. The lowest BCUT2D eigenvalue weighted by molar-refractivity contribution is 0.0975. The number of thiophene rings is 3. The smallest absolute Gasteiger partial charge is 0.197 e. The summed E-state index contributed by atoms with van der Waals surface area (Å²) < 4.78 is 0. The number of benzene rings is 2. The summed E-state index contributed by atoms with van der Waals surface area (Å²) in [4.78, 5) is 57.5. The molecule has 2 aromatic carbocycles. The van der Waals surface area contributed by atoms with Crippen LogP contribution in [-0.4, -0.2) is 23.1 Å². The Bertz CT molecular complexity index is 1970. The minimum absolute atomic E-state index is 0.210. The molecule has 4 nitrogen and oxygen atoms in total. The van der Waals surface area contributed by atoms with Crippen LogP contribution in [0.2, 0.25) is 0 Å². The van der Waals surface area contributed by atoms with Gasteiger partial charge in [-0.1, -0.05) is 48.5 Å². The Morgan fingerprint density at radius 3 is 1.49 bits per heavy atom. The highest BCUT2D eigenvalue weighted by molar-refractivity contribution is 7.27. The molecule has 0 spiro atoms. The van der Waals surface area contributed by atoms with Gasteiger partial charge in [0.2, 0.25) is 0 Å². The van der Waals surface area contributed by atoms with E-state index in [0.717, 1.165) is 40.4 Å². The second-order valence-corrected chi connectivity index (χ2v) is 13.3. The Labute approximate surface area is 247 Å². The van der Waals surface area contributed by atoms with Crippen molar-refractivity contribution in [1.82, 2.24) is 0 Å². The number of rotatable bonds is 4. The fraction of sp³-hybridized carbons (Fsp3) is 0.0588. The zero-order valence-electron chi connectivity index (χ0n) is 21.9. The molecule has 0 amide bonds. The molecule has 3 heterocycles. The van der Waals surface area contributed by atoms with Crippen molar-refractivity contribution < 1.29 is 19.2 Å². The Balaban J connectivity index is 1.17. The van der Waals surface area contributed by atoms with Gasteiger partial charge in [-0.2, -0.15) is 0 Å². The van der Waals surface area contributed by atoms with E-state index in [9.17, 15) is 19.2 Å². The van der Waals surface area contributed by atoms with Crippen molar-refractivity contribution in [2.45, 2.75) is 13.8 Å². The largest absolute Gasteiger partial charge is 0.288 e. The third kappa shape index (κ3) is 4.16. The van der Waals surface area contributed by atoms with Gasteiger partial charge in [-0.05, 0) is 61.4 Å². The number of carbonyl (C=O) groups excluding carboxylic acids is 4. The van der Waals surface area contributed by atoms with Crippen LogP contribution in [0, 0.1) is 13.8 Å². The monoisotopic (exact) mass is 588 g/mol. The summed E-state index contributed by atoms with van der Waals surface area (Å²) in [6, 6.07) is 22.1.